The lowest BCUT2D eigenvalue weighted by molar-refractivity contribution is -0.128. The largest absolute Gasteiger partial charge is 0.395 e. The molecule has 0 radical (unpaired) electrons. The van der Waals surface area contributed by atoms with Crippen LogP contribution in [0.3, 0.4) is 0 Å². The monoisotopic (exact) mass is 619 g/mol. The lowest BCUT2D eigenvalue weighted by Crippen LogP contribution is -2.50. The van der Waals surface area contributed by atoms with Crippen LogP contribution < -0.4 is 26.6 Å². The van der Waals surface area contributed by atoms with Crippen molar-refractivity contribution in [3.8, 4) is 11.1 Å². The van der Waals surface area contributed by atoms with E-state index in [-0.39, 0.29) is 37.3 Å². The normalized spacial score (nSPS) is 16.3. The molecule has 5 rings (SSSR count). The lowest BCUT2D eigenvalue weighted by atomic mass is 9.86. The van der Waals surface area contributed by atoms with E-state index in [2.05, 4.69) is 34.1 Å². The molecular weight excluding hydrogens is 578 g/mol. The van der Waals surface area contributed by atoms with Gasteiger partial charge in [0.05, 0.1) is 18.8 Å². The number of carbonyl (C=O) groups excluding carboxylic acids is 3. The van der Waals surface area contributed by atoms with Gasteiger partial charge >= 0.3 is 6.03 Å². The molecule has 9 nitrogen and oxygen atoms in total. The number of nitrogens with one attached hydrogen (secondary N) is 3. The maximum absolute atomic E-state index is 14.3. The average Bonchev–Trinajstić information content (AvgIpc) is 3.15. The van der Waals surface area contributed by atoms with Crippen molar-refractivity contribution in [2.75, 3.05) is 23.4 Å². The zero-order valence-corrected chi connectivity index (χ0v) is 26.2. The van der Waals surface area contributed by atoms with Gasteiger partial charge in [0, 0.05) is 35.7 Å². The van der Waals surface area contributed by atoms with Gasteiger partial charge in [-0.25, -0.2) is 4.79 Å². The van der Waals surface area contributed by atoms with Crippen molar-refractivity contribution >= 4 is 29.2 Å². The fourth-order valence-electron chi connectivity index (χ4n) is 5.89. The molecule has 238 valence electrons. The number of anilines is 2. The third-order valence-electron chi connectivity index (χ3n) is 7.97. The third-order valence-corrected chi connectivity index (χ3v) is 7.97. The quantitative estimate of drug-likeness (QED) is 0.167. The third kappa shape index (κ3) is 7.99. The van der Waals surface area contributed by atoms with E-state index in [0.29, 0.717) is 18.7 Å². The molecule has 1 aliphatic rings. The Kier molecular flexibility index (Phi) is 10.1. The summed E-state index contributed by atoms with van der Waals surface area (Å²) in [5, 5.41) is 17.5. The summed E-state index contributed by atoms with van der Waals surface area (Å²) in [5.74, 6) is -0.546. The molecule has 4 aromatic rings. The summed E-state index contributed by atoms with van der Waals surface area (Å²) in [6.45, 7) is 3.90. The van der Waals surface area contributed by atoms with Crippen molar-refractivity contribution in [1.82, 2.24) is 10.6 Å². The highest BCUT2D eigenvalue weighted by Gasteiger charge is 2.37. The summed E-state index contributed by atoms with van der Waals surface area (Å²) < 4.78 is 0. The minimum absolute atomic E-state index is 0.0978. The van der Waals surface area contributed by atoms with Gasteiger partial charge in [0.25, 0.3) is 0 Å². The van der Waals surface area contributed by atoms with Crippen LogP contribution in [0.1, 0.15) is 49.3 Å². The van der Waals surface area contributed by atoms with E-state index in [9.17, 15) is 14.4 Å². The second kappa shape index (κ2) is 14.4. The van der Waals surface area contributed by atoms with Crippen LogP contribution in [0.25, 0.3) is 11.1 Å². The van der Waals surface area contributed by atoms with Crippen LogP contribution >= 0.6 is 0 Å². The highest BCUT2D eigenvalue weighted by Crippen LogP contribution is 2.40. The Hall–Kier alpha value is -4.99. The molecule has 2 atom stereocenters. The van der Waals surface area contributed by atoms with Gasteiger partial charge in [-0.2, -0.15) is 0 Å². The Bertz CT molecular complexity index is 1670. The number of fused-ring (bicyclic) bond motifs is 1. The van der Waals surface area contributed by atoms with Crippen molar-refractivity contribution in [3.63, 3.8) is 0 Å². The fourth-order valence-corrected chi connectivity index (χ4v) is 5.89. The topological polar surface area (TPSA) is 137 Å². The summed E-state index contributed by atoms with van der Waals surface area (Å²) >= 11 is 0. The smallest absolute Gasteiger partial charge is 0.319 e. The van der Waals surface area contributed by atoms with Crippen molar-refractivity contribution < 1.29 is 19.5 Å². The van der Waals surface area contributed by atoms with Gasteiger partial charge in [0.1, 0.15) is 6.04 Å². The van der Waals surface area contributed by atoms with E-state index in [1.165, 1.54) is 0 Å². The number of urea groups is 1. The van der Waals surface area contributed by atoms with Crippen LogP contribution in [0.4, 0.5) is 16.2 Å². The van der Waals surface area contributed by atoms with Crippen LogP contribution in [0.5, 0.6) is 0 Å². The molecule has 0 spiro atoms. The molecule has 1 aliphatic heterocycles. The number of para-hydroxylation sites is 2. The average molecular weight is 620 g/mol. The van der Waals surface area contributed by atoms with E-state index in [4.69, 9.17) is 10.8 Å². The zero-order chi connectivity index (χ0) is 32.7. The van der Waals surface area contributed by atoms with Gasteiger partial charge < -0.3 is 31.7 Å². The van der Waals surface area contributed by atoms with Crippen LogP contribution in [-0.4, -0.2) is 47.7 Å². The number of amides is 4. The number of hydrogen-bond donors (Lipinski definition) is 5. The lowest BCUT2D eigenvalue weighted by Gasteiger charge is -2.27. The summed E-state index contributed by atoms with van der Waals surface area (Å²) in [5.41, 5.74) is 11.6. The maximum atomic E-state index is 14.3. The zero-order valence-electron chi connectivity index (χ0n) is 26.2. The standard InChI is InChI=1S/C37H41N5O4/c1-37(2,38)23-34(44)40-32-22-30(26-10-4-3-5-11-26)29-13-7-9-15-33(29)42(35(32)45)24-25-16-18-27(19-17-25)28-12-6-8-14-31(28)41-36(46)39-20-21-43/h3-19,30,32,43H,20-24,38H2,1-2H3,(H,40,44)(H2,39,41,46). The maximum Gasteiger partial charge on any atom is 0.319 e. The highest BCUT2D eigenvalue weighted by atomic mass is 16.3. The predicted molar refractivity (Wildman–Crippen MR) is 181 cm³/mol. The molecule has 0 bridgehead atoms. The van der Waals surface area contributed by atoms with Crippen LogP contribution in [-0.2, 0) is 16.1 Å². The van der Waals surface area contributed by atoms with Gasteiger partial charge in [0.15, 0.2) is 0 Å². The number of hydrogen-bond acceptors (Lipinski definition) is 5. The van der Waals surface area contributed by atoms with Gasteiger partial charge in [0.2, 0.25) is 11.8 Å². The minimum Gasteiger partial charge on any atom is -0.395 e. The SMILES string of the molecule is CC(C)(N)CC(=O)NC1CC(c2ccccc2)c2ccccc2N(Cc2ccc(-c3ccccc3NC(=O)NCCO)cc2)C1=O. The van der Waals surface area contributed by atoms with Crippen molar-refractivity contribution in [3.05, 3.63) is 120 Å². The van der Waals surface area contributed by atoms with E-state index in [0.717, 1.165) is 33.5 Å². The molecule has 1 heterocycles. The molecule has 4 amide bonds. The van der Waals surface area contributed by atoms with E-state index in [1.54, 1.807) is 18.7 Å². The van der Waals surface area contributed by atoms with Gasteiger partial charge in [-0.3, -0.25) is 9.59 Å². The Morgan fingerprint density at radius 3 is 2.30 bits per heavy atom. The van der Waals surface area contributed by atoms with Gasteiger partial charge in [-0.1, -0.05) is 91.0 Å². The molecule has 6 N–H and O–H groups in total. The fraction of sp³-hybridized carbons (Fsp3) is 0.270. The van der Waals surface area contributed by atoms with Crippen LogP contribution in [0.2, 0.25) is 0 Å². The number of aliphatic hydroxyl groups is 1. The molecule has 0 aromatic heterocycles. The number of carbonyl (C=O) groups is 3. The van der Waals surface area contributed by atoms with E-state index in [1.807, 2.05) is 84.9 Å². The molecule has 4 aromatic carbocycles. The summed E-state index contributed by atoms with van der Waals surface area (Å²) in [4.78, 5) is 41.4. The molecule has 0 saturated carbocycles. The second-order valence-electron chi connectivity index (χ2n) is 12.3. The Balaban J connectivity index is 1.46. The first-order valence-electron chi connectivity index (χ1n) is 15.5. The first-order valence-corrected chi connectivity index (χ1v) is 15.5. The van der Waals surface area contributed by atoms with Crippen LogP contribution in [0, 0.1) is 0 Å². The molecule has 46 heavy (non-hydrogen) atoms. The highest BCUT2D eigenvalue weighted by molar-refractivity contribution is 6.01. The van der Waals surface area contributed by atoms with Gasteiger partial charge in [-0.15, -0.1) is 0 Å². The van der Waals surface area contributed by atoms with Crippen molar-refractivity contribution in [2.45, 2.75) is 50.7 Å². The van der Waals surface area contributed by atoms with Crippen molar-refractivity contribution in [1.29, 1.82) is 0 Å². The Morgan fingerprint density at radius 2 is 1.59 bits per heavy atom. The number of nitrogens with zero attached hydrogens (tertiary/aromatic N) is 1. The summed E-state index contributed by atoms with van der Waals surface area (Å²) in [6, 6.07) is 32.2. The van der Waals surface area contributed by atoms with Crippen LogP contribution in [0.15, 0.2) is 103 Å². The summed E-state index contributed by atoms with van der Waals surface area (Å²) in [6.07, 6.45) is 0.516. The molecule has 2 unspecified atom stereocenters. The number of benzene rings is 4. The number of nitrogens with two attached hydrogens (primary N) is 1. The number of aliphatic hydroxyl groups excluding tert-OH is 1. The first kappa shape index (κ1) is 32.4. The Labute approximate surface area is 269 Å². The summed E-state index contributed by atoms with van der Waals surface area (Å²) in [7, 11) is 0. The van der Waals surface area contributed by atoms with Crippen molar-refractivity contribution in [2.24, 2.45) is 5.73 Å². The molecule has 9 heteroatoms. The Morgan fingerprint density at radius 1 is 0.913 bits per heavy atom. The van der Waals surface area contributed by atoms with Gasteiger partial charge in [-0.05, 0) is 54.7 Å². The minimum atomic E-state index is -0.748. The molecule has 0 fully saturated rings. The molecule has 0 aliphatic carbocycles. The first-order chi connectivity index (χ1) is 22.1. The molecular formula is C37H41N5O4. The number of rotatable bonds is 10. The van der Waals surface area contributed by atoms with E-state index < -0.39 is 17.6 Å². The van der Waals surface area contributed by atoms with E-state index >= 15 is 0 Å². The molecule has 0 saturated heterocycles. The second-order valence-corrected chi connectivity index (χ2v) is 12.3. The predicted octanol–water partition coefficient (Wildman–Crippen LogP) is 5.15.